The largest absolute Gasteiger partial charge is 0.426 e. The first kappa shape index (κ1) is 18.9. The smallest absolute Gasteiger partial charge is 0.316 e. The summed E-state index contributed by atoms with van der Waals surface area (Å²) in [6.45, 7) is 7.11. The lowest BCUT2D eigenvalue weighted by atomic mass is 9.96. The molecule has 132 valence electrons. The van der Waals surface area contributed by atoms with E-state index in [2.05, 4.69) is 0 Å². The zero-order valence-corrected chi connectivity index (χ0v) is 15.1. The maximum Gasteiger partial charge on any atom is 0.316 e. The third-order valence-electron chi connectivity index (χ3n) is 3.87. The van der Waals surface area contributed by atoms with E-state index in [9.17, 15) is 14.7 Å². The lowest BCUT2D eigenvalue weighted by Crippen LogP contribution is -2.26. The minimum atomic E-state index is -0.814. The molecule has 0 aliphatic carbocycles. The van der Waals surface area contributed by atoms with E-state index in [1.54, 1.807) is 63.2 Å². The highest BCUT2D eigenvalue weighted by Crippen LogP contribution is 2.31. The molecular weight excluding hydrogens is 316 g/mol. The van der Waals surface area contributed by atoms with Crippen LogP contribution in [0.5, 0.6) is 5.75 Å². The van der Waals surface area contributed by atoms with Gasteiger partial charge in [-0.15, -0.1) is 0 Å². The van der Waals surface area contributed by atoms with Gasteiger partial charge in [0.2, 0.25) is 0 Å². The van der Waals surface area contributed by atoms with E-state index in [0.29, 0.717) is 28.9 Å². The molecule has 0 aliphatic rings. The molecule has 2 aromatic rings. The average Bonchev–Trinajstić information content (AvgIpc) is 2.60. The molecule has 0 aromatic heterocycles. The SMILES string of the molecule is CCC(O)c1cc(C(=O)c2ccccc2)ccc1OC(=O)C(C)(C)C. The van der Waals surface area contributed by atoms with E-state index in [1.807, 2.05) is 13.0 Å². The molecule has 4 nitrogen and oxygen atoms in total. The maximum absolute atomic E-state index is 12.6. The predicted molar refractivity (Wildman–Crippen MR) is 96.7 cm³/mol. The van der Waals surface area contributed by atoms with Crippen LogP contribution in [0.15, 0.2) is 48.5 Å². The van der Waals surface area contributed by atoms with Crippen LogP contribution in [0, 0.1) is 5.41 Å². The summed E-state index contributed by atoms with van der Waals surface area (Å²) in [6.07, 6.45) is -0.366. The number of esters is 1. The highest BCUT2D eigenvalue weighted by Gasteiger charge is 2.26. The quantitative estimate of drug-likeness (QED) is 0.500. The zero-order chi connectivity index (χ0) is 18.6. The van der Waals surface area contributed by atoms with Gasteiger partial charge in [0.1, 0.15) is 5.75 Å². The highest BCUT2D eigenvalue weighted by atomic mass is 16.5. The van der Waals surface area contributed by atoms with Crippen LogP contribution in [0.1, 0.15) is 61.7 Å². The van der Waals surface area contributed by atoms with E-state index < -0.39 is 11.5 Å². The molecule has 1 N–H and O–H groups in total. The van der Waals surface area contributed by atoms with E-state index in [0.717, 1.165) is 0 Å². The van der Waals surface area contributed by atoms with Crippen LogP contribution in [-0.2, 0) is 4.79 Å². The van der Waals surface area contributed by atoms with E-state index >= 15 is 0 Å². The number of aliphatic hydroxyl groups is 1. The summed E-state index contributed by atoms with van der Waals surface area (Å²) < 4.78 is 5.46. The van der Waals surface area contributed by atoms with Crippen LogP contribution in [-0.4, -0.2) is 16.9 Å². The van der Waals surface area contributed by atoms with Gasteiger partial charge in [0, 0.05) is 16.7 Å². The number of ether oxygens (including phenoxy) is 1. The summed E-state index contributed by atoms with van der Waals surface area (Å²) in [5, 5.41) is 10.3. The fraction of sp³-hybridized carbons (Fsp3) is 0.333. The Morgan fingerprint density at radius 1 is 1.04 bits per heavy atom. The number of ketones is 1. The van der Waals surface area contributed by atoms with Crippen molar-refractivity contribution in [2.75, 3.05) is 0 Å². The summed E-state index contributed by atoms with van der Waals surface area (Å²) in [7, 11) is 0. The van der Waals surface area contributed by atoms with Crippen molar-refractivity contribution in [3.63, 3.8) is 0 Å². The van der Waals surface area contributed by atoms with Crippen molar-refractivity contribution >= 4 is 11.8 Å². The van der Waals surface area contributed by atoms with Crippen molar-refractivity contribution < 1.29 is 19.4 Å². The molecule has 0 heterocycles. The number of rotatable bonds is 5. The minimum absolute atomic E-state index is 0.140. The van der Waals surface area contributed by atoms with Gasteiger partial charge in [-0.25, -0.2) is 0 Å². The van der Waals surface area contributed by atoms with Gasteiger partial charge in [-0.05, 0) is 45.4 Å². The van der Waals surface area contributed by atoms with Crippen molar-refractivity contribution in [2.24, 2.45) is 5.41 Å². The molecule has 0 aliphatic heterocycles. The van der Waals surface area contributed by atoms with Crippen molar-refractivity contribution in [3.05, 3.63) is 65.2 Å². The Kier molecular flexibility index (Phi) is 5.75. The number of carbonyl (C=O) groups is 2. The summed E-state index contributed by atoms with van der Waals surface area (Å²) >= 11 is 0. The van der Waals surface area contributed by atoms with Crippen molar-refractivity contribution in [1.29, 1.82) is 0 Å². The van der Waals surface area contributed by atoms with Crippen LogP contribution < -0.4 is 4.74 Å². The molecule has 0 amide bonds. The van der Waals surface area contributed by atoms with Crippen LogP contribution in [0.4, 0.5) is 0 Å². The van der Waals surface area contributed by atoms with Crippen LogP contribution in [0.25, 0.3) is 0 Å². The van der Waals surface area contributed by atoms with E-state index in [4.69, 9.17) is 4.74 Å². The molecule has 25 heavy (non-hydrogen) atoms. The number of carbonyl (C=O) groups excluding carboxylic acids is 2. The van der Waals surface area contributed by atoms with Crippen LogP contribution >= 0.6 is 0 Å². The molecule has 1 unspecified atom stereocenters. The topological polar surface area (TPSA) is 63.6 Å². The lowest BCUT2D eigenvalue weighted by Gasteiger charge is -2.20. The van der Waals surface area contributed by atoms with Gasteiger partial charge in [0.05, 0.1) is 11.5 Å². The highest BCUT2D eigenvalue weighted by molar-refractivity contribution is 6.09. The zero-order valence-electron chi connectivity index (χ0n) is 15.1. The molecule has 0 bridgehead atoms. The number of hydrogen-bond donors (Lipinski definition) is 1. The lowest BCUT2D eigenvalue weighted by molar-refractivity contribution is -0.143. The van der Waals surface area contributed by atoms with E-state index in [-0.39, 0.29) is 11.8 Å². The van der Waals surface area contributed by atoms with Gasteiger partial charge < -0.3 is 9.84 Å². The Bertz CT molecular complexity index is 757. The van der Waals surface area contributed by atoms with Crippen molar-refractivity contribution in [1.82, 2.24) is 0 Å². The number of aliphatic hydroxyl groups excluding tert-OH is 1. The molecule has 2 rings (SSSR count). The first-order valence-corrected chi connectivity index (χ1v) is 8.38. The van der Waals surface area contributed by atoms with Crippen LogP contribution in [0.3, 0.4) is 0 Å². The number of hydrogen-bond acceptors (Lipinski definition) is 4. The van der Waals surface area contributed by atoms with Gasteiger partial charge in [-0.1, -0.05) is 37.3 Å². The maximum atomic E-state index is 12.6. The van der Waals surface area contributed by atoms with Crippen molar-refractivity contribution in [2.45, 2.75) is 40.2 Å². The Labute approximate surface area is 148 Å². The summed E-state index contributed by atoms with van der Waals surface area (Å²) in [6, 6.07) is 13.7. The monoisotopic (exact) mass is 340 g/mol. The number of benzene rings is 2. The second-order valence-electron chi connectivity index (χ2n) is 7.01. The summed E-state index contributed by atoms with van der Waals surface area (Å²) in [5.74, 6) is -0.239. The Balaban J connectivity index is 2.40. The first-order chi connectivity index (χ1) is 11.7. The molecular formula is C21H24O4. The molecule has 2 aromatic carbocycles. The fourth-order valence-electron chi connectivity index (χ4n) is 2.27. The Morgan fingerprint density at radius 2 is 1.68 bits per heavy atom. The van der Waals surface area contributed by atoms with E-state index in [1.165, 1.54) is 0 Å². The average molecular weight is 340 g/mol. The molecule has 0 radical (unpaired) electrons. The third-order valence-corrected chi connectivity index (χ3v) is 3.87. The van der Waals surface area contributed by atoms with Crippen LogP contribution in [0.2, 0.25) is 0 Å². The second kappa shape index (κ2) is 7.62. The van der Waals surface area contributed by atoms with Gasteiger partial charge in [-0.2, -0.15) is 0 Å². The van der Waals surface area contributed by atoms with Gasteiger partial charge in [-0.3, -0.25) is 9.59 Å². The predicted octanol–water partition coefficient (Wildman–Crippen LogP) is 4.31. The normalized spacial score (nSPS) is 12.5. The molecule has 0 fully saturated rings. The van der Waals surface area contributed by atoms with Gasteiger partial charge >= 0.3 is 5.97 Å². The Morgan fingerprint density at radius 3 is 2.24 bits per heavy atom. The Hall–Kier alpha value is -2.46. The fourth-order valence-corrected chi connectivity index (χ4v) is 2.27. The summed E-state index contributed by atoms with van der Waals surface area (Å²) in [4.78, 5) is 24.8. The first-order valence-electron chi connectivity index (χ1n) is 8.38. The molecule has 0 saturated heterocycles. The van der Waals surface area contributed by atoms with Crippen molar-refractivity contribution in [3.8, 4) is 5.75 Å². The molecule has 4 heteroatoms. The second-order valence-corrected chi connectivity index (χ2v) is 7.01. The summed E-state index contributed by atoms with van der Waals surface area (Å²) in [5.41, 5.74) is 0.803. The standard InChI is InChI=1S/C21H24O4/c1-5-17(22)16-13-15(19(23)14-9-7-6-8-10-14)11-12-18(16)25-20(24)21(2,3)4/h6-13,17,22H,5H2,1-4H3. The molecule has 0 saturated carbocycles. The van der Waals surface area contributed by atoms with Gasteiger partial charge in [0.15, 0.2) is 5.78 Å². The van der Waals surface area contributed by atoms with Gasteiger partial charge in [0.25, 0.3) is 0 Å². The minimum Gasteiger partial charge on any atom is -0.426 e. The third kappa shape index (κ3) is 4.54. The molecule has 1 atom stereocenters. The molecule has 0 spiro atoms.